The number of aromatic nitrogens is 1. The van der Waals surface area contributed by atoms with Crippen LogP contribution in [0.3, 0.4) is 0 Å². The second kappa shape index (κ2) is 4.33. The smallest absolute Gasteiger partial charge is 0.337 e. The van der Waals surface area contributed by atoms with Crippen molar-refractivity contribution >= 4 is 11.8 Å². The third kappa shape index (κ3) is 1.92. The number of carbonyl (C=O) groups is 2. The van der Waals surface area contributed by atoms with Gasteiger partial charge in [-0.1, -0.05) is 0 Å². The number of nitrogens with zero attached hydrogens (tertiary/aromatic N) is 2. The van der Waals surface area contributed by atoms with Gasteiger partial charge in [0, 0.05) is 39.1 Å². The normalized spacial score (nSPS) is 16.8. The standard InChI is InChI=1S/C13H16N2O3/c1-14(2)6-8-4-5-9-10(13(17)18)7-15(3)11(9)12(8)16/h6-7H,4-5H2,1-3H3,(H,17,18). The van der Waals surface area contributed by atoms with E-state index in [4.69, 9.17) is 5.11 Å². The molecule has 1 aliphatic rings. The number of carbonyl (C=O) groups excluding carboxylic acids is 1. The van der Waals surface area contributed by atoms with Gasteiger partial charge in [-0.25, -0.2) is 4.79 Å². The Balaban J connectivity index is 2.51. The number of allylic oxidation sites excluding steroid dienone is 1. The van der Waals surface area contributed by atoms with Crippen molar-refractivity contribution in [3.8, 4) is 0 Å². The van der Waals surface area contributed by atoms with Crippen LogP contribution >= 0.6 is 0 Å². The molecule has 0 saturated heterocycles. The number of ketones is 1. The van der Waals surface area contributed by atoms with E-state index in [-0.39, 0.29) is 11.3 Å². The minimum absolute atomic E-state index is 0.0695. The fourth-order valence-corrected chi connectivity index (χ4v) is 2.37. The van der Waals surface area contributed by atoms with Gasteiger partial charge in [0.1, 0.15) is 0 Å². The summed E-state index contributed by atoms with van der Waals surface area (Å²) in [7, 11) is 5.44. The molecule has 1 aliphatic carbocycles. The Morgan fingerprint density at radius 3 is 2.67 bits per heavy atom. The maximum Gasteiger partial charge on any atom is 0.337 e. The molecule has 1 aromatic rings. The van der Waals surface area contributed by atoms with Crippen LogP contribution in [0.2, 0.25) is 0 Å². The Hall–Kier alpha value is -2.04. The van der Waals surface area contributed by atoms with Crippen LogP contribution in [0.4, 0.5) is 0 Å². The zero-order valence-corrected chi connectivity index (χ0v) is 10.7. The Morgan fingerprint density at radius 1 is 1.44 bits per heavy atom. The number of Topliss-reactive ketones (excluding diaryl/α,β-unsaturated/α-hetero) is 1. The molecule has 0 aromatic carbocycles. The largest absolute Gasteiger partial charge is 0.478 e. The lowest BCUT2D eigenvalue weighted by molar-refractivity contribution is 0.0695. The SMILES string of the molecule is CN(C)C=C1CCc2c(C(=O)O)cn(C)c2C1=O. The summed E-state index contributed by atoms with van der Waals surface area (Å²) in [4.78, 5) is 25.2. The van der Waals surface area contributed by atoms with Crippen molar-refractivity contribution in [2.45, 2.75) is 12.8 Å². The van der Waals surface area contributed by atoms with Crippen molar-refractivity contribution in [2.75, 3.05) is 14.1 Å². The van der Waals surface area contributed by atoms with Crippen molar-refractivity contribution in [3.63, 3.8) is 0 Å². The van der Waals surface area contributed by atoms with Crippen LogP contribution < -0.4 is 0 Å². The van der Waals surface area contributed by atoms with Gasteiger partial charge in [-0.3, -0.25) is 4.79 Å². The minimum Gasteiger partial charge on any atom is -0.478 e. The van der Waals surface area contributed by atoms with E-state index in [9.17, 15) is 9.59 Å². The molecule has 0 fully saturated rings. The van der Waals surface area contributed by atoms with E-state index in [1.165, 1.54) is 6.20 Å². The van der Waals surface area contributed by atoms with Gasteiger partial charge in [0.25, 0.3) is 0 Å². The van der Waals surface area contributed by atoms with E-state index >= 15 is 0 Å². The van der Waals surface area contributed by atoms with Gasteiger partial charge in [-0.2, -0.15) is 0 Å². The lowest BCUT2D eigenvalue weighted by atomic mass is 9.90. The number of fused-ring (bicyclic) bond motifs is 1. The summed E-state index contributed by atoms with van der Waals surface area (Å²) < 4.78 is 1.61. The average Bonchev–Trinajstić information content (AvgIpc) is 2.60. The van der Waals surface area contributed by atoms with E-state index < -0.39 is 5.97 Å². The zero-order valence-electron chi connectivity index (χ0n) is 10.7. The first-order chi connectivity index (χ1) is 8.41. The van der Waals surface area contributed by atoms with Crippen LogP contribution in [0.5, 0.6) is 0 Å². The van der Waals surface area contributed by atoms with Crippen molar-refractivity contribution in [3.05, 3.63) is 34.8 Å². The molecule has 5 nitrogen and oxygen atoms in total. The summed E-state index contributed by atoms with van der Waals surface area (Å²) in [5.74, 6) is -1.04. The molecule has 0 atom stereocenters. The molecule has 1 heterocycles. The van der Waals surface area contributed by atoms with Crippen LogP contribution in [0.15, 0.2) is 18.0 Å². The van der Waals surface area contributed by atoms with Gasteiger partial charge in [-0.05, 0) is 18.4 Å². The number of hydrogen-bond acceptors (Lipinski definition) is 3. The molecule has 0 saturated carbocycles. The second-order valence-corrected chi connectivity index (χ2v) is 4.73. The Morgan fingerprint density at radius 2 is 2.11 bits per heavy atom. The predicted octanol–water partition coefficient (Wildman–Crippen LogP) is 1.30. The Kier molecular flexibility index (Phi) is 2.98. The first-order valence-electron chi connectivity index (χ1n) is 5.75. The molecular weight excluding hydrogens is 232 g/mol. The lowest BCUT2D eigenvalue weighted by Gasteiger charge is -2.18. The molecule has 1 N–H and O–H groups in total. The molecule has 96 valence electrons. The third-order valence-electron chi connectivity index (χ3n) is 3.08. The first kappa shape index (κ1) is 12.4. The molecule has 0 unspecified atom stereocenters. The van der Waals surface area contributed by atoms with E-state index in [0.717, 1.165) is 5.57 Å². The van der Waals surface area contributed by atoms with Crippen LogP contribution in [0, 0.1) is 0 Å². The Labute approximate surface area is 105 Å². The molecule has 1 aromatic heterocycles. The average molecular weight is 248 g/mol. The van der Waals surface area contributed by atoms with Crippen LogP contribution in [-0.2, 0) is 13.5 Å². The fraction of sp³-hybridized carbons (Fsp3) is 0.385. The quantitative estimate of drug-likeness (QED) is 0.801. The summed E-state index contributed by atoms with van der Waals surface area (Å²) in [6, 6.07) is 0. The molecule has 18 heavy (non-hydrogen) atoms. The highest BCUT2D eigenvalue weighted by Crippen LogP contribution is 2.29. The number of carboxylic acid groups (broad SMARTS) is 1. The number of carboxylic acids is 1. The topological polar surface area (TPSA) is 62.5 Å². The lowest BCUT2D eigenvalue weighted by Crippen LogP contribution is -2.19. The molecule has 0 radical (unpaired) electrons. The highest BCUT2D eigenvalue weighted by Gasteiger charge is 2.29. The summed E-state index contributed by atoms with van der Waals surface area (Å²) in [5, 5.41) is 9.10. The van der Waals surface area contributed by atoms with Crippen molar-refractivity contribution in [1.82, 2.24) is 9.47 Å². The summed E-state index contributed by atoms with van der Waals surface area (Å²) in [6.45, 7) is 0. The van der Waals surface area contributed by atoms with Crippen molar-refractivity contribution in [1.29, 1.82) is 0 Å². The maximum atomic E-state index is 12.3. The van der Waals surface area contributed by atoms with E-state index in [0.29, 0.717) is 24.1 Å². The molecule has 5 heteroatoms. The van der Waals surface area contributed by atoms with Crippen LogP contribution in [-0.4, -0.2) is 40.4 Å². The molecular formula is C13H16N2O3. The first-order valence-corrected chi connectivity index (χ1v) is 5.75. The molecule has 0 spiro atoms. The van der Waals surface area contributed by atoms with Gasteiger partial charge >= 0.3 is 5.97 Å². The highest BCUT2D eigenvalue weighted by atomic mass is 16.4. The molecule has 0 amide bonds. The number of aromatic carboxylic acids is 1. The monoisotopic (exact) mass is 248 g/mol. The molecule has 2 rings (SSSR count). The highest BCUT2D eigenvalue weighted by molar-refractivity contribution is 6.11. The number of hydrogen-bond donors (Lipinski definition) is 1. The van der Waals surface area contributed by atoms with Gasteiger partial charge in [0.15, 0.2) is 0 Å². The number of rotatable bonds is 2. The minimum atomic E-state index is -0.973. The Bertz CT molecular complexity index is 553. The zero-order chi connectivity index (χ0) is 13.4. The number of aryl methyl sites for hydroxylation is 1. The van der Waals surface area contributed by atoms with Gasteiger partial charge in [-0.15, -0.1) is 0 Å². The van der Waals surface area contributed by atoms with E-state index in [1.807, 2.05) is 19.0 Å². The second-order valence-electron chi connectivity index (χ2n) is 4.73. The maximum absolute atomic E-state index is 12.3. The van der Waals surface area contributed by atoms with Crippen molar-refractivity contribution < 1.29 is 14.7 Å². The summed E-state index contributed by atoms with van der Waals surface area (Å²) in [6.07, 6.45) is 4.51. The van der Waals surface area contributed by atoms with Crippen LogP contribution in [0.1, 0.15) is 32.8 Å². The fourth-order valence-electron chi connectivity index (χ4n) is 2.37. The van der Waals surface area contributed by atoms with Gasteiger partial charge in [0.2, 0.25) is 5.78 Å². The van der Waals surface area contributed by atoms with E-state index in [2.05, 4.69) is 0 Å². The van der Waals surface area contributed by atoms with Crippen molar-refractivity contribution in [2.24, 2.45) is 7.05 Å². The summed E-state index contributed by atoms with van der Waals surface area (Å²) >= 11 is 0. The summed E-state index contributed by atoms with van der Waals surface area (Å²) in [5.41, 5.74) is 2.13. The van der Waals surface area contributed by atoms with Gasteiger partial charge < -0.3 is 14.6 Å². The van der Waals surface area contributed by atoms with E-state index in [1.54, 1.807) is 17.8 Å². The molecule has 0 aliphatic heterocycles. The third-order valence-corrected chi connectivity index (χ3v) is 3.08. The predicted molar refractivity (Wildman–Crippen MR) is 66.8 cm³/mol. The van der Waals surface area contributed by atoms with Gasteiger partial charge in [0.05, 0.1) is 11.3 Å². The van der Waals surface area contributed by atoms with Crippen LogP contribution in [0.25, 0.3) is 0 Å². The molecule has 0 bridgehead atoms.